The lowest BCUT2D eigenvalue weighted by molar-refractivity contribution is -0.121. The molecule has 1 aromatic heterocycles. The van der Waals surface area contributed by atoms with Crippen LogP contribution in [0.5, 0.6) is 0 Å². The lowest BCUT2D eigenvalue weighted by Crippen LogP contribution is -2.25. The molecule has 0 aliphatic carbocycles. The fourth-order valence-corrected chi connectivity index (χ4v) is 2.64. The molecule has 0 radical (unpaired) electrons. The maximum absolute atomic E-state index is 11.9. The Kier molecular flexibility index (Phi) is 4.41. The van der Waals surface area contributed by atoms with E-state index >= 15 is 0 Å². The second-order valence-corrected chi connectivity index (χ2v) is 5.70. The number of carbonyl (C=O) groups is 2. The lowest BCUT2D eigenvalue weighted by atomic mass is 10.2. The summed E-state index contributed by atoms with van der Waals surface area (Å²) in [6.07, 6.45) is 1.72. The number of aromatic nitrogens is 1. The summed E-state index contributed by atoms with van der Waals surface area (Å²) in [5.41, 5.74) is 2.67. The number of carbonyl (C=O) groups excluding carboxylic acids is 2. The number of aryl methyl sites for hydroxylation is 1. The van der Waals surface area contributed by atoms with E-state index in [0.29, 0.717) is 18.7 Å². The zero-order chi connectivity index (χ0) is 16.2. The minimum absolute atomic E-state index is 0.111. The third-order valence-electron chi connectivity index (χ3n) is 3.82. The summed E-state index contributed by atoms with van der Waals surface area (Å²) < 4.78 is 5.02. The maximum atomic E-state index is 11.9. The minimum atomic E-state index is -0.111. The Balaban J connectivity index is 1.52. The van der Waals surface area contributed by atoms with Crippen LogP contribution in [0.4, 0.5) is 5.69 Å². The van der Waals surface area contributed by atoms with Crippen LogP contribution < -0.4 is 10.2 Å². The van der Waals surface area contributed by atoms with Crippen molar-refractivity contribution in [3.8, 4) is 0 Å². The third kappa shape index (κ3) is 3.77. The van der Waals surface area contributed by atoms with E-state index in [1.54, 1.807) is 11.0 Å². The van der Waals surface area contributed by atoms with Gasteiger partial charge in [0.05, 0.1) is 12.1 Å². The van der Waals surface area contributed by atoms with Gasteiger partial charge in [0.1, 0.15) is 5.76 Å². The van der Waals surface area contributed by atoms with Gasteiger partial charge in [-0.25, -0.2) is 0 Å². The molecule has 1 N–H and O–H groups in total. The molecule has 1 fully saturated rings. The topological polar surface area (TPSA) is 75.4 Å². The molecule has 0 spiro atoms. The van der Waals surface area contributed by atoms with Crippen molar-refractivity contribution in [1.82, 2.24) is 10.5 Å². The highest BCUT2D eigenvalue weighted by Gasteiger charge is 2.21. The van der Waals surface area contributed by atoms with Crippen molar-refractivity contribution in [1.29, 1.82) is 0 Å². The number of hydrogen-bond acceptors (Lipinski definition) is 4. The van der Waals surface area contributed by atoms with Gasteiger partial charge in [0.2, 0.25) is 11.8 Å². The molecule has 0 saturated carbocycles. The third-order valence-corrected chi connectivity index (χ3v) is 3.82. The number of rotatable bonds is 5. The Labute approximate surface area is 134 Å². The molecule has 2 aromatic rings. The van der Waals surface area contributed by atoms with Crippen LogP contribution in [0.25, 0.3) is 0 Å². The summed E-state index contributed by atoms with van der Waals surface area (Å²) in [4.78, 5) is 25.4. The summed E-state index contributed by atoms with van der Waals surface area (Å²) in [5, 5.41) is 6.60. The van der Waals surface area contributed by atoms with E-state index in [4.69, 9.17) is 4.52 Å². The highest BCUT2D eigenvalue weighted by Crippen LogP contribution is 2.21. The molecule has 0 atom stereocenters. The largest absolute Gasteiger partial charge is 0.361 e. The highest BCUT2D eigenvalue weighted by molar-refractivity contribution is 5.95. The number of nitrogens with one attached hydrogen (secondary N) is 1. The maximum Gasteiger partial charge on any atom is 0.227 e. The van der Waals surface area contributed by atoms with Crippen LogP contribution in [-0.4, -0.2) is 23.5 Å². The van der Waals surface area contributed by atoms with Gasteiger partial charge < -0.3 is 14.7 Å². The molecule has 1 aliphatic rings. The first kappa shape index (κ1) is 15.3. The Morgan fingerprint density at radius 1 is 1.35 bits per heavy atom. The summed E-state index contributed by atoms with van der Waals surface area (Å²) in [6, 6.07) is 9.45. The van der Waals surface area contributed by atoms with Crippen LogP contribution in [0.2, 0.25) is 0 Å². The molecular weight excluding hydrogens is 294 g/mol. The van der Waals surface area contributed by atoms with E-state index in [0.717, 1.165) is 29.9 Å². The van der Waals surface area contributed by atoms with Gasteiger partial charge in [0.15, 0.2) is 0 Å². The van der Waals surface area contributed by atoms with Gasteiger partial charge in [-0.2, -0.15) is 0 Å². The molecule has 6 nitrogen and oxygen atoms in total. The van der Waals surface area contributed by atoms with E-state index < -0.39 is 0 Å². The molecular formula is C17H19N3O3. The number of amides is 2. The van der Waals surface area contributed by atoms with E-state index in [1.807, 2.05) is 31.2 Å². The summed E-state index contributed by atoms with van der Waals surface area (Å²) >= 11 is 0. The Morgan fingerprint density at radius 2 is 2.13 bits per heavy atom. The van der Waals surface area contributed by atoms with Crippen molar-refractivity contribution in [2.24, 2.45) is 0 Å². The first-order valence-corrected chi connectivity index (χ1v) is 7.70. The molecule has 0 bridgehead atoms. The molecule has 1 saturated heterocycles. The lowest BCUT2D eigenvalue weighted by Gasteiger charge is -2.16. The van der Waals surface area contributed by atoms with Crippen molar-refractivity contribution in [3.63, 3.8) is 0 Å². The van der Waals surface area contributed by atoms with Crippen molar-refractivity contribution >= 4 is 17.5 Å². The van der Waals surface area contributed by atoms with Gasteiger partial charge in [0.25, 0.3) is 0 Å². The minimum Gasteiger partial charge on any atom is -0.361 e. The monoisotopic (exact) mass is 313 g/mol. The first-order chi connectivity index (χ1) is 11.1. The van der Waals surface area contributed by atoms with Gasteiger partial charge >= 0.3 is 0 Å². The molecule has 1 aliphatic heterocycles. The van der Waals surface area contributed by atoms with Crippen LogP contribution in [0.3, 0.4) is 0 Å². The summed E-state index contributed by atoms with van der Waals surface area (Å²) in [7, 11) is 0. The number of benzene rings is 1. The fourth-order valence-electron chi connectivity index (χ4n) is 2.64. The average molecular weight is 313 g/mol. The van der Waals surface area contributed by atoms with Crippen molar-refractivity contribution in [3.05, 3.63) is 47.3 Å². The van der Waals surface area contributed by atoms with Crippen LogP contribution >= 0.6 is 0 Å². The standard InChI is InChI=1S/C17H19N3O3/c1-12-9-15(23-19-12)10-16(21)18-11-13-4-6-14(7-5-13)20-8-2-3-17(20)22/h4-7,9H,2-3,8,10-11H2,1H3,(H,18,21). The second kappa shape index (κ2) is 6.64. The number of anilines is 1. The molecule has 0 unspecified atom stereocenters. The molecule has 120 valence electrons. The van der Waals surface area contributed by atoms with Gasteiger partial charge in [-0.15, -0.1) is 0 Å². The van der Waals surface area contributed by atoms with Gasteiger partial charge in [-0.3, -0.25) is 9.59 Å². The van der Waals surface area contributed by atoms with Crippen LogP contribution in [-0.2, 0) is 22.6 Å². The van der Waals surface area contributed by atoms with E-state index in [2.05, 4.69) is 10.5 Å². The Morgan fingerprint density at radius 3 is 2.74 bits per heavy atom. The number of nitrogens with zero attached hydrogens (tertiary/aromatic N) is 2. The quantitative estimate of drug-likeness (QED) is 0.915. The van der Waals surface area contributed by atoms with E-state index in [1.165, 1.54) is 0 Å². The van der Waals surface area contributed by atoms with Crippen molar-refractivity contribution in [2.75, 3.05) is 11.4 Å². The number of hydrogen-bond donors (Lipinski definition) is 1. The Bertz CT molecular complexity index is 706. The zero-order valence-electron chi connectivity index (χ0n) is 13.0. The smallest absolute Gasteiger partial charge is 0.227 e. The summed E-state index contributed by atoms with van der Waals surface area (Å²) in [6.45, 7) is 3.04. The first-order valence-electron chi connectivity index (χ1n) is 7.70. The van der Waals surface area contributed by atoms with Crippen LogP contribution in [0.1, 0.15) is 29.9 Å². The molecule has 1 aromatic carbocycles. The van der Waals surface area contributed by atoms with E-state index in [9.17, 15) is 9.59 Å². The zero-order valence-corrected chi connectivity index (χ0v) is 13.0. The highest BCUT2D eigenvalue weighted by atomic mass is 16.5. The SMILES string of the molecule is Cc1cc(CC(=O)NCc2ccc(N3CCCC3=O)cc2)on1. The predicted molar refractivity (Wildman–Crippen MR) is 84.8 cm³/mol. The average Bonchev–Trinajstić information content (AvgIpc) is 3.14. The van der Waals surface area contributed by atoms with Gasteiger partial charge in [-0.05, 0) is 31.0 Å². The van der Waals surface area contributed by atoms with E-state index in [-0.39, 0.29) is 18.2 Å². The van der Waals surface area contributed by atoms with Gasteiger partial charge in [0, 0.05) is 31.3 Å². The normalized spacial score (nSPS) is 14.3. The van der Waals surface area contributed by atoms with Gasteiger partial charge in [-0.1, -0.05) is 17.3 Å². The predicted octanol–water partition coefficient (Wildman–Crippen LogP) is 1.97. The fraction of sp³-hybridized carbons (Fsp3) is 0.353. The molecule has 6 heteroatoms. The van der Waals surface area contributed by atoms with Crippen LogP contribution in [0, 0.1) is 6.92 Å². The molecule has 3 rings (SSSR count). The second-order valence-electron chi connectivity index (χ2n) is 5.70. The molecule has 2 heterocycles. The molecule has 23 heavy (non-hydrogen) atoms. The summed E-state index contributed by atoms with van der Waals surface area (Å²) in [5.74, 6) is 0.622. The Hall–Kier alpha value is -2.63. The van der Waals surface area contributed by atoms with Crippen molar-refractivity contribution in [2.45, 2.75) is 32.7 Å². The van der Waals surface area contributed by atoms with Crippen molar-refractivity contribution < 1.29 is 14.1 Å². The molecule has 2 amide bonds. The van der Waals surface area contributed by atoms with Crippen LogP contribution in [0.15, 0.2) is 34.9 Å².